The van der Waals surface area contributed by atoms with E-state index in [4.69, 9.17) is 38.0 Å². The molecule has 1 fully saturated rings. The summed E-state index contributed by atoms with van der Waals surface area (Å²) in [6, 6.07) is 13.1. The SMILES string of the molecule is CC(CCOc1ccc(-c2nc3c(NC4(C)CCC4)ncnc3n2Cc2cccc(Cl)c2)c(Cl)c1)C(=O)O. The highest BCUT2D eigenvalue weighted by molar-refractivity contribution is 6.33. The van der Waals surface area contributed by atoms with Crippen LogP contribution in [0.25, 0.3) is 22.6 Å². The molecule has 2 heterocycles. The number of ether oxygens (including phenoxy) is 1. The van der Waals surface area contributed by atoms with Crippen LogP contribution in [-0.4, -0.2) is 42.7 Å². The van der Waals surface area contributed by atoms with Crippen molar-refractivity contribution in [2.75, 3.05) is 11.9 Å². The number of nitrogens with zero attached hydrogens (tertiary/aromatic N) is 4. The number of halogens is 2. The number of nitrogens with one attached hydrogen (secondary N) is 1. The van der Waals surface area contributed by atoms with Gasteiger partial charge in [-0.3, -0.25) is 4.79 Å². The molecule has 0 aliphatic heterocycles. The lowest BCUT2D eigenvalue weighted by Crippen LogP contribution is -2.42. The van der Waals surface area contributed by atoms with Gasteiger partial charge in [0.1, 0.15) is 17.9 Å². The molecule has 1 aliphatic rings. The molecule has 1 unspecified atom stereocenters. The fourth-order valence-electron chi connectivity index (χ4n) is 4.56. The second-order valence-electron chi connectivity index (χ2n) is 10.1. The maximum absolute atomic E-state index is 11.1. The number of fused-ring (bicyclic) bond motifs is 1. The Hall–Kier alpha value is -3.36. The lowest BCUT2D eigenvalue weighted by molar-refractivity contribution is -0.141. The highest BCUT2D eigenvalue weighted by Gasteiger charge is 2.33. The molecule has 10 heteroatoms. The number of carbonyl (C=O) groups is 1. The third-order valence-electron chi connectivity index (χ3n) is 7.06. The number of anilines is 1. The smallest absolute Gasteiger partial charge is 0.306 e. The van der Waals surface area contributed by atoms with E-state index < -0.39 is 11.9 Å². The van der Waals surface area contributed by atoms with Crippen molar-refractivity contribution in [3.63, 3.8) is 0 Å². The predicted molar refractivity (Wildman–Crippen MR) is 149 cm³/mol. The quantitative estimate of drug-likeness (QED) is 0.225. The van der Waals surface area contributed by atoms with Crippen molar-refractivity contribution in [2.24, 2.45) is 5.92 Å². The summed E-state index contributed by atoms with van der Waals surface area (Å²) in [4.78, 5) is 25.2. The lowest BCUT2D eigenvalue weighted by atomic mass is 9.78. The number of hydrogen-bond donors (Lipinski definition) is 2. The van der Waals surface area contributed by atoms with Crippen LogP contribution in [0.15, 0.2) is 48.8 Å². The first-order valence-corrected chi connectivity index (χ1v) is 13.4. The predicted octanol–water partition coefficient (Wildman–Crippen LogP) is 6.69. The number of aliphatic carboxylic acids is 1. The number of hydrogen-bond acceptors (Lipinski definition) is 6. The summed E-state index contributed by atoms with van der Waals surface area (Å²) in [6.45, 7) is 4.62. The van der Waals surface area contributed by atoms with Gasteiger partial charge in [-0.2, -0.15) is 0 Å². The summed E-state index contributed by atoms with van der Waals surface area (Å²) < 4.78 is 7.79. The molecule has 1 aliphatic carbocycles. The Kier molecular flexibility index (Phi) is 7.45. The molecule has 0 spiro atoms. The van der Waals surface area contributed by atoms with Gasteiger partial charge < -0.3 is 19.7 Å². The van der Waals surface area contributed by atoms with E-state index >= 15 is 0 Å². The number of imidazole rings is 1. The second kappa shape index (κ2) is 10.8. The van der Waals surface area contributed by atoms with E-state index in [9.17, 15) is 4.79 Å². The maximum Gasteiger partial charge on any atom is 0.306 e. The fourth-order valence-corrected chi connectivity index (χ4v) is 5.03. The zero-order valence-corrected chi connectivity index (χ0v) is 22.8. The van der Waals surface area contributed by atoms with Crippen LogP contribution < -0.4 is 10.1 Å². The van der Waals surface area contributed by atoms with Gasteiger partial charge in [-0.25, -0.2) is 15.0 Å². The Bertz CT molecular complexity index is 1480. The summed E-state index contributed by atoms with van der Waals surface area (Å²) in [5.74, 6) is 0.588. The summed E-state index contributed by atoms with van der Waals surface area (Å²) in [7, 11) is 0. The fraction of sp³-hybridized carbons (Fsp3) is 0.357. The normalized spacial score (nSPS) is 15.2. The van der Waals surface area contributed by atoms with Gasteiger partial charge in [0.25, 0.3) is 0 Å². The summed E-state index contributed by atoms with van der Waals surface area (Å²) >= 11 is 13.0. The van der Waals surface area contributed by atoms with E-state index in [0.29, 0.717) is 51.6 Å². The van der Waals surface area contributed by atoms with Gasteiger partial charge in [0.2, 0.25) is 0 Å². The number of carboxylic acids is 1. The molecule has 5 rings (SSSR count). The second-order valence-corrected chi connectivity index (χ2v) is 10.9. The molecular weight excluding hydrogens is 525 g/mol. The van der Waals surface area contributed by atoms with Crippen molar-refractivity contribution in [2.45, 2.75) is 51.6 Å². The Morgan fingerprint density at radius 3 is 2.71 bits per heavy atom. The van der Waals surface area contributed by atoms with E-state index in [1.165, 1.54) is 6.42 Å². The zero-order valence-electron chi connectivity index (χ0n) is 21.2. The first-order chi connectivity index (χ1) is 18.2. The number of carboxylic acid groups (broad SMARTS) is 1. The molecule has 0 bridgehead atoms. The molecule has 2 aromatic heterocycles. The minimum atomic E-state index is -0.844. The molecule has 1 atom stereocenters. The van der Waals surface area contributed by atoms with Crippen LogP contribution >= 0.6 is 23.2 Å². The highest BCUT2D eigenvalue weighted by Crippen LogP contribution is 2.38. The van der Waals surface area contributed by atoms with Gasteiger partial charge in [-0.05, 0) is 68.5 Å². The van der Waals surface area contributed by atoms with E-state index in [1.807, 2.05) is 41.0 Å². The monoisotopic (exact) mass is 553 g/mol. The van der Waals surface area contributed by atoms with Crippen molar-refractivity contribution in [1.29, 1.82) is 0 Å². The molecule has 1 saturated carbocycles. The standard InChI is InChI=1S/C28H29Cl2N5O3/c1-17(27(36)37)9-12-38-20-7-8-21(22(30)14-20)25-33-23-24(34-28(2)10-4-11-28)31-16-32-26(23)35(25)15-18-5-3-6-19(29)13-18/h3,5-8,13-14,16-17H,4,9-12,15H2,1-2H3,(H,36,37)(H,31,32,34). The summed E-state index contributed by atoms with van der Waals surface area (Å²) in [6.07, 6.45) is 5.30. The number of benzene rings is 2. The van der Waals surface area contributed by atoms with Crippen molar-refractivity contribution >= 4 is 46.2 Å². The van der Waals surface area contributed by atoms with Gasteiger partial charge >= 0.3 is 5.97 Å². The third kappa shape index (κ3) is 5.56. The van der Waals surface area contributed by atoms with E-state index in [2.05, 4.69) is 22.2 Å². The van der Waals surface area contributed by atoms with Gasteiger partial charge in [-0.1, -0.05) is 42.3 Å². The van der Waals surface area contributed by atoms with Crippen molar-refractivity contribution in [3.8, 4) is 17.1 Å². The van der Waals surface area contributed by atoms with Crippen LogP contribution in [0.3, 0.4) is 0 Å². The molecule has 2 aromatic carbocycles. The average Bonchev–Trinajstić information content (AvgIpc) is 3.22. The molecule has 0 amide bonds. The molecule has 2 N–H and O–H groups in total. The molecule has 38 heavy (non-hydrogen) atoms. The topological polar surface area (TPSA) is 102 Å². The molecular formula is C28H29Cl2N5O3. The van der Waals surface area contributed by atoms with E-state index in [0.717, 1.165) is 24.0 Å². The Balaban J connectivity index is 1.52. The van der Waals surface area contributed by atoms with Crippen LogP contribution in [0.5, 0.6) is 5.75 Å². The summed E-state index contributed by atoms with van der Waals surface area (Å²) in [5, 5.41) is 13.8. The van der Waals surface area contributed by atoms with E-state index in [1.54, 1.807) is 19.3 Å². The minimum Gasteiger partial charge on any atom is -0.494 e. The zero-order chi connectivity index (χ0) is 26.9. The van der Waals surface area contributed by atoms with Crippen molar-refractivity contribution < 1.29 is 14.6 Å². The van der Waals surface area contributed by atoms with E-state index in [-0.39, 0.29) is 12.1 Å². The van der Waals surface area contributed by atoms with Crippen LogP contribution in [0, 0.1) is 5.92 Å². The molecule has 198 valence electrons. The molecule has 0 radical (unpaired) electrons. The first kappa shape index (κ1) is 26.3. The van der Waals surface area contributed by atoms with Gasteiger partial charge in [0, 0.05) is 16.1 Å². The number of rotatable bonds is 10. The Morgan fingerprint density at radius 2 is 2.03 bits per heavy atom. The Morgan fingerprint density at radius 1 is 1.21 bits per heavy atom. The molecule has 8 nitrogen and oxygen atoms in total. The molecule has 0 saturated heterocycles. The average molecular weight is 554 g/mol. The van der Waals surface area contributed by atoms with Crippen LogP contribution in [0.1, 0.15) is 45.1 Å². The van der Waals surface area contributed by atoms with Crippen LogP contribution in [0.2, 0.25) is 10.0 Å². The van der Waals surface area contributed by atoms with Gasteiger partial charge in [-0.15, -0.1) is 0 Å². The lowest BCUT2D eigenvalue weighted by Gasteiger charge is -2.39. The van der Waals surface area contributed by atoms with Crippen LogP contribution in [-0.2, 0) is 11.3 Å². The largest absolute Gasteiger partial charge is 0.494 e. The van der Waals surface area contributed by atoms with Crippen molar-refractivity contribution in [1.82, 2.24) is 19.5 Å². The minimum absolute atomic E-state index is 0.00699. The summed E-state index contributed by atoms with van der Waals surface area (Å²) in [5.41, 5.74) is 3.09. The maximum atomic E-state index is 11.1. The molecule has 4 aromatic rings. The Labute approximate surface area is 231 Å². The van der Waals surface area contributed by atoms with Crippen LogP contribution in [0.4, 0.5) is 5.82 Å². The number of aromatic nitrogens is 4. The van der Waals surface area contributed by atoms with Crippen molar-refractivity contribution in [3.05, 3.63) is 64.4 Å². The van der Waals surface area contributed by atoms with Gasteiger partial charge in [0.05, 0.1) is 24.1 Å². The first-order valence-electron chi connectivity index (χ1n) is 12.6. The van der Waals surface area contributed by atoms with Gasteiger partial charge in [0.15, 0.2) is 17.0 Å². The highest BCUT2D eigenvalue weighted by atomic mass is 35.5. The third-order valence-corrected chi connectivity index (χ3v) is 7.61.